The molecule has 6 heteroatoms. The zero-order valence-corrected chi connectivity index (χ0v) is 11.9. The van der Waals surface area contributed by atoms with Crippen molar-refractivity contribution < 1.29 is 14.3 Å². The van der Waals surface area contributed by atoms with Crippen LogP contribution in [0, 0.1) is 17.1 Å². The predicted octanol–water partition coefficient (Wildman–Crippen LogP) is 1.73. The standard InChI is InChI=1S/C16H14FN3O2/c1-16(22,12-3-5-13(17)6-4-12)10-20-15(21)14-7-2-11(8-18)9-19-14/h2-7,9,22H,10H2,1H3,(H,20,21). The van der Waals surface area contributed by atoms with E-state index in [4.69, 9.17) is 5.26 Å². The number of amides is 1. The molecule has 5 nitrogen and oxygen atoms in total. The Balaban J connectivity index is 2.03. The van der Waals surface area contributed by atoms with Crippen LogP contribution in [0.15, 0.2) is 42.6 Å². The quantitative estimate of drug-likeness (QED) is 0.900. The summed E-state index contributed by atoms with van der Waals surface area (Å²) in [6, 6.07) is 10.2. The molecule has 0 aliphatic carbocycles. The van der Waals surface area contributed by atoms with Gasteiger partial charge in [-0.15, -0.1) is 0 Å². The number of benzene rings is 1. The highest BCUT2D eigenvalue weighted by Crippen LogP contribution is 2.20. The number of carbonyl (C=O) groups is 1. The van der Waals surface area contributed by atoms with E-state index >= 15 is 0 Å². The molecule has 22 heavy (non-hydrogen) atoms. The van der Waals surface area contributed by atoms with Crippen molar-refractivity contribution in [3.05, 3.63) is 65.2 Å². The van der Waals surface area contributed by atoms with Gasteiger partial charge in [0.25, 0.3) is 5.91 Å². The molecular formula is C16H14FN3O2. The highest BCUT2D eigenvalue weighted by Gasteiger charge is 2.24. The highest BCUT2D eigenvalue weighted by molar-refractivity contribution is 5.92. The summed E-state index contributed by atoms with van der Waals surface area (Å²) in [5.41, 5.74) is -0.346. The molecule has 2 rings (SSSR count). The fraction of sp³-hybridized carbons (Fsp3) is 0.188. The van der Waals surface area contributed by atoms with E-state index in [1.54, 1.807) is 0 Å². The number of carbonyl (C=O) groups excluding carboxylic acids is 1. The molecule has 112 valence electrons. The van der Waals surface area contributed by atoms with E-state index in [2.05, 4.69) is 10.3 Å². The number of hydrogen-bond acceptors (Lipinski definition) is 4. The minimum absolute atomic E-state index is 0.0564. The first-order valence-electron chi connectivity index (χ1n) is 6.55. The van der Waals surface area contributed by atoms with Gasteiger partial charge in [0.05, 0.1) is 12.1 Å². The third-order valence-electron chi connectivity index (χ3n) is 3.18. The van der Waals surface area contributed by atoms with E-state index in [9.17, 15) is 14.3 Å². The van der Waals surface area contributed by atoms with Gasteiger partial charge in [0.1, 0.15) is 23.2 Å². The average molecular weight is 299 g/mol. The molecule has 1 amide bonds. The predicted molar refractivity (Wildman–Crippen MR) is 77.3 cm³/mol. The summed E-state index contributed by atoms with van der Waals surface area (Å²) >= 11 is 0. The van der Waals surface area contributed by atoms with Crippen LogP contribution < -0.4 is 5.32 Å². The number of aromatic nitrogens is 1. The second kappa shape index (κ2) is 6.33. The molecule has 1 atom stereocenters. The number of halogens is 1. The van der Waals surface area contributed by atoms with Crippen LogP contribution in [0.2, 0.25) is 0 Å². The van der Waals surface area contributed by atoms with Crippen LogP contribution in [0.25, 0.3) is 0 Å². The lowest BCUT2D eigenvalue weighted by molar-refractivity contribution is 0.0524. The molecule has 0 saturated heterocycles. The summed E-state index contributed by atoms with van der Waals surface area (Å²) in [5, 5.41) is 21.6. The van der Waals surface area contributed by atoms with Crippen molar-refractivity contribution in [2.75, 3.05) is 6.54 Å². The summed E-state index contributed by atoms with van der Waals surface area (Å²) in [4.78, 5) is 15.8. The number of rotatable bonds is 4. The van der Waals surface area contributed by atoms with Crippen LogP contribution in [0.1, 0.15) is 28.5 Å². The van der Waals surface area contributed by atoms with Gasteiger partial charge in [0.2, 0.25) is 0 Å². The largest absolute Gasteiger partial charge is 0.384 e. The molecule has 1 aromatic carbocycles. The van der Waals surface area contributed by atoms with Crippen LogP contribution >= 0.6 is 0 Å². The molecule has 0 saturated carbocycles. The molecule has 2 aromatic rings. The molecule has 0 radical (unpaired) electrons. The van der Waals surface area contributed by atoms with Crippen molar-refractivity contribution in [1.29, 1.82) is 5.26 Å². The van der Waals surface area contributed by atoms with Gasteiger partial charge in [-0.3, -0.25) is 4.79 Å². The maximum atomic E-state index is 12.9. The minimum Gasteiger partial charge on any atom is -0.384 e. The summed E-state index contributed by atoms with van der Waals surface area (Å²) in [6.07, 6.45) is 1.30. The first-order valence-corrected chi connectivity index (χ1v) is 6.55. The van der Waals surface area contributed by atoms with Crippen molar-refractivity contribution in [1.82, 2.24) is 10.3 Å². The van der Waals surface area contributed by atoms with Gasteiger partial charge >= 0.3 is 0 Å². The smallest absolute Gasteiger partial charge is 0.269 e. The summed E-state index contributed by atoms with van der Waals surface area (Å²) in [5.74, 6) is -0.864. The van der Waals surface area contributed by atoms with E-state index in [-0.39, 0.29) is 12.2 Å². The van der Waals surface area contributed by atoms with Crippen molar-refractivity contribution >= 4 is 5.91 Å². The number of hydrogen-bond donors (Lipinski definition) is 2. The average Bonchev–Trinajstić information content (AvgIpc) is 2.53. The van der Waals surface area contributed by atoms with Gasteiger partial charge in [-0.25, -0.2) is 9.37 Å². The van der Waals surface area contributed by atoms with E-state index in [0.717, 1.165) is 0 Å². The van der Waals surface area contributed by atoms with Crippen LogP contribution in [0.5, 0.6) is 0 Å². The molecule has 0 spiro atoms. The summed E-state index contributed by atoms with van der Waals surface area (Å²) in [6.45, 7) is 1.46. The van der Waals surface area contributed by atoms with E-state index in [0.29, 0.717) is 11.1 Å². The number of nitriles is 1. The van der Waals surface area contributed by atoms with Crippen molar-refractivity contribution in [3.63, 3.8) is 0 Å². The molecule has 0 aliphatic rings. The SMILES string of the molecule is CC(O)(CNC(=O)c1ccc(C#N)cn1)c1ccc(F)cc1. The Morgan fingerprint density at radius 3 is 2.59 bits per heavy atom. The topological polar surface area (TPSA) is 86.0 Å². The second-order valence-electron chi connectivity index (χ2n) is 5.01. The van der Waals surface area contributed by atoms with E-state index in [1.165, 1.54) is 49.5 Å². The van der Waals surface area contributed by atoms with Gasteiger partial charge in [-0.1, -0.05) is 12.1 Å². The van der Waals surface area contributed by atoms with Crippen molar-refractivity contribution in [3.8, 4) is 6.07 Å². The number of nitrogens with one attached hydrogen (secondary N) is 1. The first-order chi connectivity index (χ1) is 10.4. The molecule has 0 aliphatic heterocycles. The van der Waals surface area contributed by atoms with Crippen molar-refractivity contribution in [2.45, 2.75) is 12.5 Å². The normalized spacial score (nSPS) is 13.0. The van der Waals surface area contributed by atoms with Gasteiger partial charge in [0.15, 0.2) is 0 Å². The lowest BCUT2D eigenvalue weighted by Gasteiger charge is -2.24. The van der Waals surface area contributed by atoms with Gasteiger partial charge in [-0.2, -0.15) is 5.26 Å². The number of aliphatic hydroxyl groups is 1. The van der Waals surface area contributed by atoms with Crippen LogP contribution in [0.3, 0.4) is 0 Å². The van der Waals surface area contributed by atoms with Crippen molar-refractivity contribution in [2.24, 2.45) is 0 Å². The number of nitrogens with zero attached hydrogens (tertiary/aromatic N) is 2. The van der Waals surface area contributed by atoms with Gasteiger partial charge in [0, 0.05) is 6.20 Å². The highest BCUT2D eigenvalue weighted by atomic mass is 19.1. The molecule has 1 aromatic heterocycles. The zero-order valence-electron chi connectivity index (χ0n) is 11.9. The Kier molecular flexibility index (Phi) is 4.49. The molecule has 2 N–H and O–H groups in total. The Hall–Kier alpha value is -2.78. The van der Waals surface area contributed by atoms with Crippen LogP contribution in [0.4, 0.5) is 4.39 Å². The first kappa shape index (κ1) is 15.6. The summed E-state index contributed by atoms with van der Waals surface area (Å²) in [7, 11) is 0. The molecule has 1 heterocycles. The Labute approximate surface area is 127 Å². The lowest BCUT2D eigenvalue weighted by atomic mass is 9.96. The zero-order chi connectivity index (χ0) is 16.2. The van der Waals surface area contributed by atoms with Gasteiger partial charge in [-0.05, 0) is 36.8 Å². The third-order valence-corrected chi connectivity index (χ3v) is 3.18. The lowest BCUT2D eigenvalue weighted by Crippen LogP contribution is -2.38. The maximum Gasteiger partial charge on any atom is 0.269 e. The fourth-order valence-electron chi connectivity index (χ4n) is 1.85. The molecular weight excluding hydrogens is 285 g/mol. The van der Waals surface area contributed by atoms with Gasteiger partial charge < -0.3 is 10.4 Å². The molecule has 1 unspecified atom stereocenters. The van der Waals surface area contributed by atoms with Crippen LogP contribution in [-0.2, 0) is 5.60 Å². The molecule has 0 fully saturated rings. The Morgan fingerprint density at radius 2 is 2.05 bits per heavy atom. The Morgan fingerprint density at radius 1 is 1.36 bits per heavy atom. The maximum absolute atomic E-state index is 12.9. The van der Waals surface area contributed by atoms with E-state index in [1.807, 2.05) is 6.07 Å². The summed E-state index contributed by atoms with van der Waals surface area (Å²) < 4.78 is 12.9. The van der Waals surface area contributed by atoms with Crippen LogP contribution in [-0.4, -0.2) is 22.5 Å². The minimum atomic E-state index is -1.34. The Bertz CT molecular complexity index is 704. The second-order valence-corrected chi connectivity index (χ2v) is 5.01. The van der Waals surface area contributed by atoms with E-state index < -0.39 is 17.3 Å². The number of pyridine rings is 1. The fourth-order valence-corrected chi connectivity index (χ4v) is 1.85. The molecule has 0 bridgehead atoms. The third kappa shape index (κ3) is 3.65. The monoisotopic (exact) mass is 299 g/mol.